The molecule has 0 radical (unpaired) electrons. The smallest absolute Gasteiger partial charge is 0.408 e. The third-order valence-electron chi connectivity index (χ3n) is 14.1. The Morgan fingerprint density at radius 1 is 0.576 bits per heavy atom. The van der Waals surface area contributed by atoms with Crippen LogP contribution in [0.4, 0.5) is 9.59 Å². The highest BCUT2D eigenvalue weighted by Crippen LogP contribution is 2.27. The van der Waals surface area contributed by atoms with Gasteiger partial charge in [0.25, 0.3) is 15.9 Å². The van der Waals surface area contributed by atoms with E-state index in [1.165, 1.54) is 18.9 Å². The molecule has 0 saturated carbocycles. The van der Waals surface area contributed by atoms with Crippen LogP contribution in [0.3, 0.4) is 0 Å². The van der Waals surface area contributed by atoms with Gasteiger partial charge in [-0.15, -0.1) is 0 Å². The molecular formula is C65H78Cl2N10O13S2. The minimum atomic E-state index is -4.18. The third kappa shape index (κ3) is 23.8. The Morgan fingerprint density at radius 3 is 1.71 bits per heavy atom. The average Bonchev–Trinajstić information content (AvgIpc) is 0.825. The molecule has 6 aromatic rings. The molecule has 4 atom stereocenters. The van der Waals surface area contributed by atoms with Crippen LogP contribution in [0, 0.1) is 20.8 Å². The van der Waals surface area contributed by atoms with E-state index in [2.05, 4.69) is 41.7 Å². The number of unbranched alkanes of at least 4 members (excludes halogenated alkanes) is 1. The first-order valence-electron chi connectivity index (χ1n) is 29.3. The van der Waals surface area contributed by atoms with E-state index in [-0.39, 0.29) is 69.2 Å². The van der Waals surface area contributed by atoms with Crippen LogP contribution in [-0.4, -0.2) is 107 Å². The predicted octanol–water partition coefficient (Wildman–Crippen LogP) is 7.90. The number of hydrogen-bond donors (Lipinski definition) is 9. The van der Waals surface area contributed by atoms with Gasteiger partial charge in [-0.2, -0.15) is 11.8 Å². The first-order valence-corrected chi connectivity index (χ1v) is 32.7. The lowest BCUT2D eigenvalue weighted by molar-refractivity contribution is -0.134. The molecule has 27 heteroatoms. The number of nitrogens with zero attached hydrogens (tertiary/aromatic N) is 1. The number of aryl methyl sites for hydroxylation is 3. The maximum Gasteiger partial charge on any atom is 0.408 e. The summed E-state index contributed by atoms with van der Waals surface area (Å²) < 4.78 is 56.8. The number of nitrogens with one attached hydrogen (secondary N) is 7. The van der Waals surface area contributed by atoms with Crippen LogP contribution in [0.1, 0.15) is 76.6 Å². The highest BCUT2D eigenvalue weighted by atomic mass is 35.5. The largest absolute Gasteiger partial charge is 0.497 e. The molecule has 6 rings (SSSR count). The van der Waals surface area contributed by atoms with E-state index in [4.69, 9.17) is 58.5 Å². The lowest BCUT2D eigenvalue weighted by Gasteiger charge is -2.26. The predicted molar refractivity (Wildman–Crippen MR) is 353 cm³/mol. The summed E-state index contributed by atoms with van der Waals surface area (Å²) in [4.78, 5) is 88.0. The number of aliphatic imine (C=N–C) groups is 1. The third-order valence-corrected chi connectivity index (χ3v) is 17.6. The number of methoxy groups -OCH3 is 2. The fourth-order valence-corrected chi connectivity index (χ4v) is 12.4. The van der Waals surface area contributed by atoms with E-state index >= 15 is 4.79 Å². The number of guanidine groups is 1. The van der Waals surface area contributed by atoms with Crippen molar-refractivity contribution in [3.8, 4) is 17.2 Å². The minimum absolute atomic E-state index is 0.000601. The van der Waals surface area contributed by atoms with Crippen molar-refractivity contribution >= 4 is 86.8 Å². The average molecular weight is 1340 g/mol. The van der Waals surface area contributed by atoms with E-state index in [0.717, 1.165) is 16.7 Å². The van der Waals surface area contributed by atoms with Crippen molar-refractivity contribution in [2.75, 3.05) is 33.1 Å². The molecule has 11 N–H and O–H groups in total. The summed E-state index contributed by atoms with van der Waals surface area (Å²) in [6, 6.07) is 33.0. The highest BCUT2D eigenvalue weighted by Gasteiger charge is 2.32. The van der Waals surface area contributed by atoms with E-state index < -0.39 is 76.0 Å². The monoisotopic (exact) mass is 1340 g/mol. The second kappa shape index (κ2) is 36.9. The van der Waals surface area contributed by atoms with Gasteiger partial charge < -0.3 is 56.0 Å². The molecule has 23 nitrogen and oxygen atoms in total. The number of carbonyl (C=O) groups is 6. The number of thioether (sulfide) groups is 1. The Bertz CT molecular complexity index is 3530. The van der Waals surface area contributed by atoms with Crippen LogP contribution in [0.15, 0.2) is 143 Å². The molecule has 0 aliphatic carbocycles. The number of amides is 6. The van der Waals surface area contributed by atoms with Crippen molar-refractivity contribution < 1.29 is 60.9 Å². The zero-order valence-electron chi connectivity index (χ0n) is 51.7. The first-order chi connectivity index (χ1) is 44.1. The molecule has 0 aliphatic heterocycles. The SMILES string of the molecule is COc1ccc(COC(=O)N[C@@H](CSCc2ccc(OC)cc2)C(=O)N[C@@H](Cc2ccc(OCc3c(Cl)cccc3Cl)cc2)C(=O)N[C@@H](CCCN=C(N)NS(=O)(=O)c2c(C)cc(C)cc2C)C(=O)N[C@@H](CCCCNC(=O)OCc2ccccc2)C(=O)NN)cc1. The van der Waals surface area contributed by atoms with E-state index in [1.807, 2.05) is 49.4 Å². The Kier molecular flexibility index (Phi) is 29.0. The molecular weight excluding hydrogens is 1260 g/mol. The van der Waals surface area contributed by atoms with Gasteiger partial charge in [-0.3, -0.25) is 29.6 Å². The van der Waals surface area contributed by atoms with Crippen molar-refractivity contribution in [3.63, 3.8) is 0 Å². The molecule has 0 bridgehead atoms. The van der Waals surface area contributed by atoms with Crippen LogP contribution < -0.4 is 62.5 Å². The number of alkyl carbamates (subject to hydrolysis) is 2. The van der Waals surface area contributed by atoms with Gasteiger partial charge >= 0.3 is 12.2 Å². The van der Waals surface area contributed by atoms with Gasteiger partial charge in [-0.05, 0) is 135 Å². The lowest BCUT2D eigenvalue weighted by Crippen LogP contribution is -2.59. The molecule has 0 heterocycles. The normalized spacial score (nSPS) is 12.6. The van der Waals surface area contributed by atoms with Gasteiger partial charge in [0.1, 0.15) is 61.2 Å². The van der Waals surface area contributed by atoms with Crippen LogP contribution >= 0.6 is 35.0 Å². The summed E-state index contributed by atoms with van der Waals surface area (Å²) >= 11 is 14.1. The van der Waals surface area contributed by atoms with Crippen molar-refractivity contribution in [1.29, 1.82) is 0 Å². The minimum Gasteiger partial charge on any atom is -0.497 e. The fraction of sp³-hybridized carbons (Fsp3) is 0.338. The molecule has 0 fully saturated rings. The van der Waals surface area contributed by atoms with Crippen molar-refractivity contribution in [1.82, 2.24) is 36.7 Å². The number of hydrazine groups is 1. The standard InChI is InChI=1S/C65H78Cl2N10O13S2/c1-41-33-42(2)58(43(3)34-41)92(84,85)77-63(68)70-32-12-18-54(59(78)73-55(62(81)76-69)17-9-10-31-71-64(82)89-36-45-13-7-6-8-14-45)72-60(79)56(35-44-19-29-50(30-20-44)88-38-51-52(66)15-11-16-53(51)67)74-61(80)57(40-91-39-47-23-27-49(87-5)28-24-47)75-65(83)90-37-46-21-25-48(86-4)26-22-46/h6-8,11,13-16,19-30,33-34,54-57H,9-10,12,17-18,31-32,35-40,69H2,1-5H3,(H,71,82)(H,72,79)(H,73,78)(H,74,80)(H,75,83)(H,76,81)(H3,68,70,77)/t54-,55-,56-,57-/m0/s1. The second-order valence-electron chi connectivity index (χ2n) is 21.2. The fourth-order valence-electron chi connectivity index (χ4n) is 9.45. The molecule has 0 aliphatic rings. The van der Waals surface area contributed by atoms with Crippen molar-refractivity contribution in [2.45, 2.75) is 114 Å². The summed E-state index contributed by atoms with van der Waals surface area (Å²) in [6.07, 6.45) is -1.22. The maximum atomic E-state index is 15.0. The number of halogens is 2. The van der Waals surface area contributed by atoms with Gasteiger partial charge in [0.05, 0.1) is 19.1 Å². The van der Waals surface area contributed by atoms with Gasteiger partial charge in [0, 0.05) is 46.6 Å². The summed E-state index contributed by atoms with van der Waals surface area (Å²) in [5.74, 6) is 4.01. The van der Waals surface area contributed by atoms with Crippen LogP contribution in [-0.2, 0) is 70.7 Å². The summed E-state index contributed by atoms with van der Waals surface area (Å²) in [7, 11) is -1.11. The van der Waals surface area contributed by atoms with Gasteiger partial charge in [0.15, 0.2) is 0 Å². The zero-order chi connectivity index (χ0) is 66.6. The highest BCUT2D eigenvalue weighted by molar-refractivity contribution is 7.98. The maximum absolute atomic E-state index is 15.0. The Morgan fingerprint density at radius 2 is 1.10 bits per heavy atom. The zero-order valence-corrected chi connectivity index (χ0v) is 54.8. The molecule has 0 spiro atoms. The molecule has 6 aromatic carbocycles. The quantitative estimate of drug-likeness (QED) is 0.00463. The Hall–Kier alpha value is -8.75. The van der Waals surface area contributed by atoms with Crippen molar-refractivity contribution in [2.24, 2.45) is 16.6 Å². The van der Waals surface area contributed by atoms with Gasteiger partial charge in [0.2, 0.25) is 23.7 Å². The molecule has 492 valence electrons. The van der Waals surface area contributed by atoms with E-state index in [0.29, 0.717) is 73.7 Å². The topological polar surface area (TPSA) is 331 Å². The van der Waals surface area contributed by atoms with Crippen LogP contribution in [0.25, 0.3) is 0 Å². The molecule has 0 aromatic heterocycles. The summed E-state index contributed by atoms with van der Waals surface area (Å²) in [5, 5.41) is 14.4. The summed E-state index contributed by atoms with van der Waals surface area (Å²) in [5.41, 5.74) is 13.5. The number of benzene rings is 6. The van der Waals surface area contributed by atoms with Crippen LogP contribution in [0.2, 0.25) is 10.0 Å². The molecule has 92 heavy (non-hydrogen) atoms. The second-order valence-corrected chi connectivity index (χ2v) is 24.7. The van der Waals surface area contributed by atoms with E-state index in [1.54, 1.807) is 112 Å². The molecule has 6 amide bonds. The van der Waals surface area contributed by atoms with Gasteiger partial charge in [-0.1, -0.05) is 114 Å². The van der Waals surface area contributed by atoms with Crippen molar-refractivity contribution in [3.05, 3.63) is 188 Å². The number of carbonyl (C=O) groups excluding carboxylic acids is 6. The number of sulfonamides is 1. The lowest BCUT2D eigenvalue weighted by atomic mass is 10.0. The Balaban J connectivity index is 1.25. The van der Waals surface area contributed by atoms with Crippen LogP contribution in [0.5, 0.6) is 17.2 Å². The Labute approximate surface area is 550 Å². The first kappa shape index (κ1) is 72.3. The number of ether oxygens (including phenoxy) is 5. The number of hydrogen-bond acceptors (Lipinski definition) is 16. The van der Waals surface area contributed by atoms with E-state index in [9.17, 15) is 32.4 Å². The van der Waals surface area contributed by atoms with Gasteiger partial charge in [-0.25, -0.2) is 28.6 Å². The molecule has 0 saturated heterocycles. The molecule has 0 unspecified atom stereocenters. The summed E-state index contributed by atoms with van der Waals surface area (Å²) in [6.45, 7) is 5.14. The number of rotatable bonds is 34. The number of nitrogens with two attached hydrogens (primary N) is 2.